The summed E-state index contributed by atoms with van der Waals surface area (Å²) in [5.41, 5.74) is 0. The minimum Gasteiger partial charge on any atom is -0.469 e. The Bertz CT molecular complexity index is 178. The van der Waals surface area contributed by atoms with Crippen molar-refractivity contribution in [2.45, 2.75) is 48.7 Å². The lowest BCUT2D eigenvalue weighted by Gasteiger charge is -2.09. The first-order valence-electron chi connectivity index (χ1n) is 5.09. The number of halogens is 3. The summed E-state index contributed by atoms with van der Waals surface area (Å²) in [5, 5.41) is 0. The minimum atomic E-state index is -1.12. The maximum absolute atomic E-state index is 10.8. The van der Waals surface area contributed by atoms with Gasteiger partial charge in [-0.15, -0.1) is 0 Å². The lowest BCUT2D eigenvalue weighted by molar-refractivity contribution is -0.140. The highest BCUT2D eigenvalue weighted by Gasteiger charge is 2.17. The summed E-state index contributed by atoms with van der Waals surface area (Å²) in [4.78, 5) is 10.8. The number of methoxy groups -OCH3 is 1. The molecule has 0 fully saturated rings. The van der Waals surface area contributed by atoms with Crippen LogP contribution < -0.4 is 0 Å². The van der Waals surface area contributed by atoms with Crippen LogP contribution in [0.15, 0.2) is 0 Å². The maximum atomic E-state index is 10.8. The molecule has 0 saturated heterocycles. The van der Waals surface area contributed by atoms with Crippen molar-refractivity contribution in [1.29, 1.82) is 0 Å². The number of alkyl halides is 3. The Kier molecular flexibility index (Phi) is 8.68. The monoisotopic (exact) mass is 274 g/mol. The van der Waals surface area contributed by atoms with Gasteiger partial charge in [0.25, 0.3) is 0 Å². The zero-order chi connectivity index (χ0) is 11.7. The standard InChI is InChI=1S/C10H17Cl3O2/c1-15-9(14)7-5-3-2-4-6-8-10(11,12)13/h2-8H2,1H3. The van der Waals surface area contributed by atoms with Gasteiger partial charge in [0.05, 0.1) is 7.11 Å². The van der Waals surface area contributed by atoms with Gasteiger partial charge in [0.2, 0.25) is 0 Å². The molecule has 0 aromatic heterocycles. The molecule has 0 heterocycles. The fourth-order valence-electron chi connectivity index (χ4n) is 1.23. The van der Waals surface area contributed by atoms with Gasteiger partial charge < -0.3 is 4.74 Å². The number of carbonyl (C=O) groups is 1. The second-order valence-corrected chi connectivity index (χ2v) is 5.98. The van der Waals surface area contributed by atoms with E-state index >= 15 is 0 Å². The van der Waals surface area contributed by atoms with E-state index in [-0.39, 0.29) is 5.97 Å². The molecule has 0 spiro atoms. The summed E-state index contributed by atoms with van der Waals surface area (Å²) in [6.45, 7) is 0. The highest BCUT2D eigenvalue weighted by molar-refractivity contribution is 6.67. The normalized spacial score (nSPS) is 11.5. The van der Waals surface area contributed by atoms with Gasteiger partial charge in [-0.25, -0.2) is 0 Å². The number of hydrogen-bond acceptors (Lipinski definition) is 2. The number of carbonyl (C=O) groups excluding carboxylic acids is 1. The third kappa shape index (κ3) is 12.3. The molecule has 0 aromatic carbocycles. The van der Waals surface area contributed by atoms with Crippen molar-refractivity contribution in [3.05, 3.63) is 0 Å². The molecule has 0 unspecified atom stereocenters. The second kappa shape index (κ2) is 8.49. The summed E-state index contributed by atoms with van der Waals surface area (Å²) in [6.07, 6.45) is 6.01. The van der Waals surface area contributed by atoms with E-state index in [0.29, 0.717) is 12.8 Å². The SMILES string of the molecule is COC(=O)CCCCCCCC(Cl)(Cl)Cl. The zero-order valence-electron chi connectivity index (χ0n) is 8.90. The molecule has 0 aliphatic rings. The Hall–Kier alpha value is 0.340. The first-order valence-corrected chi connectivity index (χ1v) is 6.22. The number of ether oxygens (including phenoxy) is 1. The fraction of sp³-hybridized carbons (Fsp3) is 0.900. The van der Waals surface area contributed by atoms with Gasteiger partial charge >= 0.3 is 5.97 Å². The Morgan fingerprint density at radius 2 is 1.60 bits per heavy atom. The zero-order valence-corrected chi connectivity index (χ0v) is 11.2. The van der Waals surface area contributed by atoms with Crippen molar-refractivity contribution >= 4 is 40.8 Å². The molecule has 0 rings (SSSR count). The van der Waals surface area contributed by atoms with Crippen molar-refractivity contribution in [2.75, 3.05) is 7.11 Å². The molecular formula is C10H17Cl3O2. The van der Waals surface area contributed by atoms with Crippen LogP contribution in [-0.4, -0.2) is 16.9 Å². The molecule has 0 aliphatic carbocycles. The summed E-state index contributed by atoms with van der Waals surface area (Å²) in [6, 6.07) is 0. The molecule has 0 amide bonds. The number of unbranched alkanes of at least 4 members (excludes halogenated alkanes) is 4. The van der Waals surface area contributed by atoms with E-state index in [4.69, 9.17) is 34.8 Å². The quantitative estimate of drug-likeness (QED) is 0.394. The average molecular weight is 276 g/mol. The van der Waals surface area contributed by atoms with E-state index in [2.05, 4.69) is 4.74 Å². The first kappa shape index (κ1) is 15.3. The predicted molar refractivity (Wildman–Crippen MR) is 64.6 cm³/mol. The Morgan fingerprint density at radius 3 is 2.13 bits per heavy atom. The van der Waals surface area contributed by atoms with E-state index < -0.39 is 3.79 Å². The van der Waals surface area contributed by atoms with E-state index in [0.717, 1.165) is 32.1 Å². The minimum absolute atomic E-state index is 0.142. The third-order valence-electron chi connectivity index (χ3n) is 2.07. The predicted octanol–water partition coefficient (Wildman–Crippen LogP) is 4.26. The van der Waals surface area contributed by atoms with Gasteiger partial charge in [0.15, 0.2) is 3.79 Å². The molecule has 15 heavy (non-hydrogen) atoms. The van der Waals surface area contributed by atoms with Crippen LogP contribution in [-0.2, 0) is 9.53 Å². The van der Waals surface area contributed by atoms with Crippen molar-refractivity contribution in [3.8, 4) is 0 Å². The van der Waals surface area contributed by atoms with Crippen LogP contribution in [0.3, 0.4) is 0 Å². The number of hydrogen-bond donors (Lipinski definition) is 0. The number of rotatable bonds is 7. The van der Waals surface area contributed by atoms with E-state index in [1.165, 1.54) is 7.11 Å². The van der Waals surface area contributed by atoms with Gasteiger partial charge in [-0.05, 0) is 19.3 Å². The van der Waals surface area contributed by atoms with E-state index in [1.807, 2.05) is 0 Å². The smallest absolute Gasteiger partial charge is 0.305 e. The van der Waals surface area contributed by atoms with Crippen molar-refractivity contribution in [1.82, 2.24) is 0 Å². The molecule has 0 aromatic rings. The van der Waals surface area contributed by atoms with Crippen LogP contribution in [0, 0.1) is 0 Å². The van der Waals surface area contributed by atoms with Crippen LogP contribution in [0.25, 0.3) is 0 Å². The van der Waals surface area contributed by atoms with Gasteiger partial charge in [-0.3, -0.25) is 4.79 Å². The molecule has 0 bridgehead atoms. The topological polar surface area (TPSA) is 26.3 Å². The molecule has 2 nitrogen and oxygen atoms in total. The van der Waals surface area contributed by atoms with E-state index in [9.17, 15) is 4.79 Å². The molecule has 90 valence electrons. The summed E-state index contributed by atoms with van der Waals surface area (Å²) < 4.78 is 3.41. The third-order valence-corrected chi connectivity index (χ3v) is 2.64. The molecule has 0 radical (unpaired) electrons. The van der Waals surface area contributed by atoms with Crippen LogP contribution in [0.2, 0.25) is 0 Å². The van der Waals surface area contributed by atoms with Gasteiger partial charge in [0, 0.05) is 6.42 Å². The lowest BCUT2D eigenvalue weighted by Crippen LogP contribution is -2.01. The van der Waals surface area contributed by atoms with Crippen molar-refractivity contribution in [3.63, 3.8) is 0 Å². The van der Waals surface area contributed by atoms with E-state index in [1.54, 1.807) is 0 Å². The van der Waals surface area contributed by atoms with Crippen LogP contribution in [0.5, 0.6) is 0 Å². The molecule has 0 N–H and O–H groups in total. The Morgan fingerprint density at radius 1 is 1.07 bits per heavy atom. The molecule has 0 aliphatic heterocycles. The van der Waals surface area contributed by atoms with Crippen molar-refractivity contribution in [2.24, 2.45) is 0 Å². The van der Waals surface area contributed by atoms with Crippen LogP contribution >= 0.6 is 34.8 Å². The first-order chi connectivity index (χ1) is 6.95. The molecule has 0 atom stereocenters. The summed E-state index contributed by atoms with van der Waals surface area (Å²) in [7, 11) is 1.41. The lowest BCUT2D eigenvalue weighted by atomic mass is 10.1. The second-order valence-electron chi connectivity index (χ2n) is 3.46. The summed E-state index contributed by atoms with van der Waals surface area (Å²) >= 11 is 16.8. The Balaban J connectivity index is 3.16. The van der Waals surface area contributed by atoms with Gasteiger partial charge in [-0.2, -0.15) is 0 Å². The molecule has 0 saturated carbocycles. The van der Waals surface area contributed by atoms with Gasteiger partial charge in [0.1, 0.15) is 0 Å². The largest absolute Gasteiger partial charge is 0.469 e. The van der Waals surface area contributed by atoms with Crippen LogP contribution in [0.1, 0.15) is 44.9 Å². The van der Waals surface area contributed by atoms with Gasteiger partial charge in [-0.1, -0.05) is 54.1 Å². The molecular weight excluding hydrogens is 258 g/mol. The highest BCUT2D eigenvalue weighted by Crippen LogP contribution is 2.32. The Labute approximate surface area is 106 Å². The fourth-order valence-corrected chi connectivity index (χ4v) is 1.63. The number of esters is 1. The van der Waals surface area contributed by atoms with Crippen molar-refractivity contribution < 1.29 is 9.53 Å². The highest BCUT2D eigenvalue weighted by atomic mass is 35.6. The maximum Gasteiger partial charge on any atom is 0.305 e. The summed E-state index contributed by atoms with van der Waals surface area (Å²) in [5.74, 6) is -0.142. The molecule has 5 heteroatoms. The van der Waals surface area contributed by atoms with Crippen LogP contribution in [0.4, 0.5) is 0 Å². The average Bonchev–Trinajstić information content (AvgIpc) is 2.14.